The molecule has 0 saturated carbocycles. The summed E-state index contributed by atoms with van der Waals surface area (Å²) in [6.07, 6.45) is 0. The molecule has 0 bridgehead atoms. The SMILES string of the molecule is COC(=O)C(C)CN(C)c1ccc(C#N)c(F)c1F. The average Bonchev–Trinajstić information content (AvgIpc) is 2.40. The molecule has 1 aromatic rings. The molecule has 0 aliphatic carbocycles. The summed E-state index contributed by atoms with van der Waals surface area (Å²) in [5.74, 6) is -3.19. The summed E-state index contributed by atoms with van der Waals surface area (Å²) in [7, 11) is 2.80. The van der Waals surface area contributed by atoms with Gasteiger partial charge in [0.2, 0.25) is 0 Å². The second kappa shape index (κ2) is 6.14. The Balaban J connectivity index is 2.96. The molecule has 1 aromatic carbocycles. The van der Waals surface area contributed by atoms with Crippen LogP contribution in [-0.4, -0.2) is 26.7 Å². The fourth-order valence-electron chi connectivity index (χ4n) is 1.71. The normalized spacial score (nSPS) is 11.6. The van der Waals surface area contributed by atoms with E-state index < -0.39 is 23.5 Å². The van der Waals surface area contributed by atoms with Gasteiger partial charge in [-0.05, 0) is 12.1 Å². The molecule has 0 saturated heterocycles. The average molecular weight is 268 g/mol. The molecule has 0 aliphatic rings. The standard InChI is InChI=1S/C13H14F2N2O2/c1-8(13(18)19-3)7-17(2)10-5-4-9(6-16)11(14)12(10)15/h4-5,8H,7H2,1-3H3. The van der Waals surface area contributed by atoms with Gasteiger partial charge in [0.05, 0.1) is 24.3 Å². The van der Waals surface area contributed by atoms with Gasteiger partial charge >= 0.3 is 5.97 Å². The number of halogens is 2. The summed E-state index contributed by atoms with van der Waals surface area (Å²) in [5, 5.41) is 8.59. The zero-order chi connectivity index (χ0) is 14.6. The molecule has 0 amide bonds. The van der Waals surface area contributed by atoms with E-state index in [1.165, 1.54) is 31.2 Å². The molecule has 6 heteroatoms. The van der Waals surface area contributed by atoms with Crippen molar-refractivity contribution < 1.29 is 18.3 Å². The van der Waals surface area contributed by atoms with Gasteiger partial charge in [-0.15, -0.1) is 0 Å². The monoisotopic (exact) mass is 268 g/mol. The molecular formula is C13H14F2N2O2. The Kier molecular flexibility index (Phi) is 4.81. The number of hydrogen-bond acceptors (Lipinski definition) is 4. The van der Waals surface area contributed by atoms with Gasteiger partial charge in [-0.1, -0.05) is 6.92 Å². The lowest BCUT2D eigenvalue weighted by atomic mass is 10.1. The van der Waals surface area contributed by atoms with Crippen LogP contribution < -0.4 is 4.90 Å². The van der Waals surface area contributed by atoms with Crippen LogP contribution in [0.2, 0.25) is 0 Å². The first-order valence-electron chi connectivity index (χ1n) is 5.59. The summed E-state index contributed by atoms with van der Waals surface area (Å²) in [5.41, 5.74) is -0.358. The van der Waals surface area contributed by atoms with Gasteiger partial charge in [-0.3, -0.25) is 4.79 Å². The lowest BCUT2D eigenvalue weighted by Gasteiger charge is -2.22. The van der Waals surface area contributed by atoms with Crippen LogP contribution in [0.1, 0.15) is 12.5 Å². The molecule has 0 spiro atoms. The third kappa shape index (κ3) is 3.19. The minimum absolute atomic E-state index is 0.00717. The molecule has 0 aromatic heterocycles. The highest BCUT2D eigenvalue weighted by atomic mass is 19.2. The van der Waals surface area contributed by atoms with Gasteiger partial charge in [-0.25, -0.2) is 8.78 Å². The van der Waals surface area contributed by atoms with E-state index in [9.17, 15) is 13.6 Å². The Morgan fingerprint density at radius 3 is 2.63 bits per heavy atom. The molecule has 0 N–H and O–H groups in total. The number of carbonyl (C=O) groups excluding carboxylic acids is 1. The van der Waals surface area contributed by atoms with E-state index in [0.717, 1.165) is 0 Å². The third-order valence-corrected chi connectivity index (χ3v) is 2.74. The van der Waals surface area contributed by atoms with Crippen molar-refractivity contribution in [2.45, 2.75) is 6.92 Å². The van der Waals surface area contributed by atoms with E-state index in [1.54, 1.807) is 13.0 Å². The molecule has 0 aliphatic heterocycles. The van der Waals surface area contributed by atoms with Crippen molar-refractivity contribution in [2.24, 2.45) is 5.92 Å². The van der Waals surface area contributed by atoms with Gasteiger partial charge in [-0.2, -0.15) is 5.26 Å². The molecule has 0 fully saturated rings. The van der Waals surface area contributed by atoms with Crippen molar-refractivity contribution in [1.82, 2.24) is 0 Å². The second-order valence-corrected chi connectivity index (χ2v) is 4.18. The molecule has 0 radical (unpaired) electrons. The minimum Gasteiger partial charge on any atom is -0.469 e. The second-order valence-electron chi connectivity index (χ2n) is 4.18. The molecule has 1 rings (SSSR count). The Morgan fingerprint density at radius 1 is 1.47 bits per heavy atom. The predicted octanol–water partition coefficient (Wildman–Crippen LogP) is 2.08. The molecule has 19 heavy (non-hydrogen) atoms. The zero-order valence-electron chi connectivity index (χ0n) is 10.9. The zero-order valence-corrected chi connectivity index (χ0v) is 10.9. The number of rotatable bonds is 4. The smallest absolute Gasteiger partial charge is 0.310 e. The Morgan fingerprint density at radius 2 is 2.11 bits per heavy atom. The first-order valence-corrected chi connectivity index (χ1v) is 5.59. The first kappa shape index (κ1) is 14.9. The summed E-state index contributed by atoms with van der Waals surface area (Å²) in [6, 6.07) is 4.07. The molecule has 1 atom stereocenters. The number of methoxy groups -OCH3 is 1. The summed E-state index contributed by atoms with van der Waals surface area (Å²) in [4.78, 5) is 12.7. The summed E-state index contributed by atoms with van der Waals surface area (Å²) in [6.45, 7) is 1.80. The number of esters is 1. The lowest BCUT2D eigenvalue weighted by molar-refractivity contribution is -0.144. The summed E-state index contributed by atoms with van der Waals surface area (Å²) < 4.78 is 31.8. The number of anilines is 1. The number of ether oxygens (including phenoxy) is 1. The Hall–Kier alpha value is -2.16. The van der Waals surface area contributed by atoms with Crippen molar-refractivity contribution in [3.05, 3.63) is 29.3 Å². The number of carbonyl (C=O) groups is 1. The number of nitrogens with zero attached hydrogens (tertiary/aromatic N) is 2. The number of benzene rings is 1. The van der Waals surface area contributed by atoms with E-state index in [-0.39, 0.29) is 17.8 Å². The highest BCUT2D eigenvalue weighted by Gasteiger charge is 2.20. The van der Waals surface area contributed by atoms with Crippen LogP contribution in [0.5, 0.6) is 0 Å². The van der Waals surface area contributed by atoms with Crippen LogP contribution in [0.25, 0.3) is 0 Å². The maximum Gasteiger partial charge on any atom is 0.310 e. The van der Waals surface area contributed by atoms with Crippen LogP contribution in [0.3, 0.4) is 0 Å². The largest absolute Gasteiger partial charge is 0.469 e. The number of hydrogen-bond donors (Lipinski definition) is 0. The number of nitriles is 1. The maximum absolute atomic E-state index is 13.7. The van der Waals surface area contributed by atoms with E-state index in [2.05, 4.69) is 4.74 Å². The van der Waals surface area contributed by atoms with Crippen molar-refractivity contribution in [3.63, 3.8) is 0 Å². The van der Waals surface area contributed by atoms with Crippen LogP contribution in [0.15, 0.2) is 12.1 Å². The molecule has 4 nitrogen and oxygen atoms in total. The fraction of sp³-hybridized carbons (Fsp3) is 0.385. The van der Waals surface area contributed by atoms with Crippen LogP contribution in [-0.2, 0) is 9.53 Å². The minimum atomic E-state index is -1.18. The van der Waals surface area contributed by atoms with Crippen LogP contribution in [0, 0.1) is 28.9 Å². The van der Waals surface area contributed by atoms with Gasteiger partial charge in [0, 0.05) is 13.6 Å². The van der Waals surface area contributed by atoms with Gasteiger partial charge in [0.15, 0.2) is 11.6 Å². The third-order valence-electron chi connectivity index (χ3n) is 2.74. The van der Waals surface area contributed by atoms with E-state index >= 15 is 0 Å². The van der Waals surface area contributed by atoms with Crippen molar-refractivity contribution in [3.8, 4) is 6.07 Å². The van der Waals surface area contributed by atoms with Crippen LogP contribution >= 0.6 is 0 Å². The maximum atomic E-state index is 13.7. The molecule has 1 unspecified atom stereocenters. The summed E-state index contributed by atoms with van der Waals surface area (Å²) >= 11 is 0. The van der Waals surface area contributed by atoms with E-state index in [1.807, 2.05) is 0 Å². The Labute approximate surface area is 110 Å². The van der Waals surface area contributed by atoms with Crippen LogP contribution in [0.4, 0.5) is 14.5 Å². The molecular weight excluding hydrogens is 254 g/mol. The molecule has 102 valence electrons. The predicted molar refractivity (Wildman–Crippen MR) is 65.5 cm³/mol. The van der Waals surface area contributed by atoms with Crippen molar-refractivity contribution >= 4 is 11.7 Å². The van der Waals surface area contributed by atoms with E-state index in [0.29, 0.717) is 0 Å². The topological polar surface area (TPSA) is 53.3 Å². The lowest BCUT2D eigenvalue weighted by Crippen LogP contribution is -2.30. The van der Waals surface area contributed by atoms with Gasteiger partial charge in [0.1, 0.15) is 6.07 Å². The molecule has 0 heterocycles. The fourth-order valence-corrected chi connectivity index (χ4v) is 1.71. The van der Waals surface area contributed by atoms with Crippen molar-refractivity contribution in [1.29, 1.82) is 5.26 Å². The quantitative estimate of drug-likeness (QED) is 0.784. The Bertz CT molecular complexity index is 526. The highest BCUT2D eigenvalue weighted by molar-refractivity contribution is 5.72. The van der Waals surface area contributed by atoms with Gasteiger partial charge < -0.3 is 9.64 Å². The first-order chi connectivity index (χ1) is 8.92. The van der Waals surface area contributed by atoms with Crippen molar-refractivity contribution in [2.75, 3.05) is 25.6 Å². The van der Waals surface area contributed by atoms with E-state index in [4.69, 9.17) is 5.26 Å². The van der Waals surface area contributed by atoms with Gasteiger partial charge in [0.25, 0.3) is 0 Å². The highest BCUT2D eigenvalue weighted by Crippen LogP contribution is 2.23.